The van der Waals surface area contributed by atoms with Crippen molar-refractivity contribution in [1.82, 2.24) is 4.98 Å². The Labute approximate surface area is 77.8 Å². The molecule has 1 aromatic rings. The summed E-state index contributed by atoms with van der Waals surface area (Å²) < 4.78 is 3.67. The zero-order valence-corrected chi connectivity index (χ0v) is 7.75. The third-order valence-electron chi connectivity index (χ3n) is 0.665. The highest BCUT2D eigenvalue weighted by atomic mass is 79.9. The maximum atomic E-state index is 8.90. The number of halogens is 2. The van der Waals surface area contributed by atoms with Gasteiger partial charge in [0.25, 0.3) is 0 Å². The van der Waals surface area contributed by atoms with Crippen LogP contribution in [0.3, 0.4) is 0 Å². The van der Waals surface area contributed by atoms with Crippen LogP contribution in [0.2, 0.25) is 5.15 Å². The molecule has 0 aliphatic heterocycles. The molecule has 0 saturated heterocycles. The van der Waals surface area contributed by atoms with Crippen LogP contribution < -0.4 is 0 Å². The van der Waals surface area contributed by atoms with Crippen LogP contribution in [0.1, 0.15) is 0 Å². The van der Waals surface area contributed by atoms with Crippen molar-refractivity contribution in [3.05, 3.63) is 29.5 Å². The second-order valence-corrected chi connectivity index (χ2v) is 2.10. The highest BCUT2D eigenvalue weighted by Crippen LogP contribution is 1.98. The Bertz CT molecular complexity index is 195. The highest BCUT2D eigenvalue weighted by Gasteiger charge is 1.76. The Morgan fingerprint density at radius 1 is 1.64 bits per heavy atom. The van der Waals surface area contributed by atoms with Gasteiger partial charge < -0.3 is 3.83 Å². The second kappa shape index (κ2) is 7.50. The first-order valence-corrected chi connectivity index (χ1v) is 3.61. The van der Waals surface area contributed by atoms with Crippen LogP contribution in [-0.4, -0.2) is 11.5 Å². The molecule has 0 bridgehead atoms. The number of carbonyl (C=O) groups is 1. The molecule has 60 valence electrons. The van der Waals surface area contributed by atoms with Gasteiger partial charge in [-0.15, -0.1) is 0 Å². The van der Waals surface area contributed by atoms with Crippen LogP contribution in [0.5, 0.6) is 0 Å². The Morgan fingerprint density at radius 2 is 2.27 bits per heavy atom. The van der Waals surface area contributed by atoms with E-state index in [1.165, 1.54) is 0 Å². The molecule has 0 spiro atoms. The first-order valence-electron chi connectivity index (χ1n) is 2.59. The fourth-order valence-corrected chi connectivity index (χ4v) is 0.471. The number of nitrogens with zero attached hydrogens (tertiary/aromatic N) is 1. The van der Waals surface area contributed by atoms with E-state index in [2.05, 4.69) is 25.1 Å². The van der Waals surface area contributed by atoms with Crippen LogP contribution in [0, 0.1) is 0 Å². The normalized spacial score (nSPS) is 7.45. The van der Waals surface area contributed by atoms with Crippen LogP contribution in [0.4, 0.5) is 0 Å². The molecule has 0 unspecified atom stereocenters. The third-order valence-corrected chi connectivity index (χ3v) is 1.04. The Kier molecular flexibility index (Phi) is 7.08. The SMILES string of the molecule is Clc1ccccn1.O=COBr. The fraction of sp³-hybridized carbons (Fsp3) is 0. The number of aromatic nitrogens is 1. The molecule has 0 aromatic carbocycles. The quantitative estimate of drug-likeness (QED) is 0.556. The lowest BCUT2D eigenvalue weighted by Gasteiger charge is -1.79. The van der Waals surface area contributed by atoms with E-state index >= 15 is 0 Å². The van der Waals surface area contributed by atoms with E-state index in [9.17, 15) is 0 Å². The summed E-state index contributed by atoms with van der Waals surface area (Å²) in [6.45, 7) is 0.292. The van der Waals surface area contributed by atoms with E-state index in [4.69, 9.17) is 16.4 Å². The van der Waals surface area contributed by atoms with E-state index in [-0.39, 0.29) is 0 Å². The predicted octanol–water partition coefficient (Wildman–Crippen LogP) is 2.20. The summed E-state index contributed by atoms with van der Waals surface area (Å²) in [5.74, 6) is 0. The van der Waals surface area contributed by atoms with Gasteiger partial charge in [-0.25, -0.2) is 4.98 Å². The molecule has 0 amide bonds. The summed E-state index contributed by atoms with van der Waals surface area (Å²) in [7, 11) is 0. The van der Waals surface area contributed by atoms with E-state index in [1.54, 1.807) is 12.3 Å². The molecular weight excluding hydrogens is 233 g/mol. The van der Waals surface area contributed by atoms with Gasteiger partial charge in [0.1, 0.15) is 5.15 Å². The summed E-state index contributed by atoms with van der Waals surface area (Å²) in [5.41, 5.74) is 0. The number of rotatable bonds is 1. The highest BCUT2D eigenvalue weighted by molar-refractivity contribution is 9.06. The second-order valence-electron chi connectivity index (χ2n) is 1.34. The van der Waals surface area contributed by atoms with Gasteiger partial charge in [-0.1, -0.05) is 17.7 Å². The van der Waals surface area contributed by atoms with Crippen LogP contribution in [0.25, 0.3) is 0 Å². The number of hydrogen-bond donors (Lipinski definition) is 0. The minimum Gasteiger partial charge on any atom is -0.386 e. The average molecular weight is 238 g/mol. The maximum absolute atomic E-state index is 8.90. The largest absolute Gasteiger partial charge is 0.386 e. The zero-order chi connectivity index (χ0) is 8.53. The first kappa shape index (κ1) is 10.4. The summed E-state index contributed by atoms with van der Waals surface area (Å²) in [6, 6.07) is 5.41. The molecule has 1 aromatic heterocycles. The van der Waals surface area contributed by atoms with Gasteiger partial charge in [-0.3, -0.25) is 4.79 Å². The minimum absolute atomic E-state index is 0.292. The van der Waals surface area contributed by atoms with E-state index < -0.39 is 0 Å². The van der Waals surface area contributed by atoms with Gasteiger partial charge in [-0.2, -0.15) is 0 Å². The molecule has 1 heterocycles. The smallest absolute Gasteiger partial charge is 0.304 e. The van der Waals surface area contributed by atoms with Crippen molar-refractivity contribution in [3.8, 4) is 0 Å². The molecule has 0 fully saturated rings. The van der Waals surface area contributed by atoms with Crippen LogP contribution >= 0.6 is 27.9 Å². The molecule has 0 atom stereocenters. The molecule has 5 heteroatoms. The summed E-state index contributed by atoms with van der Waals surface area (Å²) in [5, 5.41) is 0.544. The molecule has 0 N–H and O–H groups in total. The van der Waals surface area contributed by atoms with Gasteiger partial charge in [0.2, 0.25) is 0 Å². The van der Waals surface area contributed by atoms with E-state index in [0.717, 1.165) is 0 Å². The number of carbonyl (C=O) groups excluding carboxylic acids is 1. The van der Waals surface area contributed by atoms with Crippen molar-refractivity contribution in [2.75, 3.05) is 0 Å². The average Bonchev–Trinajstić information content (AvgIpc) is 2.07. The molecule has 11 heavy (non-hydrogen) atoms. The number of hydrogen-bond acceptors (Lipinski definition) is 3. The molecular formula is C6H5BrClNO2. The fourth-order valence-electron chi connectivity index (χ4n) is 0.342. The maximum Gasteiger partial charge on any atom is 0.304 e. The monoisotopic (exact) mass is 237 g/mol. The minimum atomic E-state index is 0.292. The Balaban J connectivity index is 0.000000218. The lowest BCUT2D eigenvalue weighted by Crippen LogP contribution is -1.65. The van der Waals surface area contributed by atoms with Crippen molar-refractivity contribution < 1.29 is 8.62 Å². The molecule has 0 saturated carbocycles. The van der Waals surface area contributed by atoms with Gasteiger partial charge >= 0.3 is 6.47 Å². The van der Waals surface area contributed by atoms with Gasteiger partial charge in [0.15, 0.2) is 16.3 Å². The van der Waals surface area contributed by atoms with Crippen molar-refractivity contribution in [3.63, 3.8) is 0 Å². The summed E-state index contributed by atoms with van der Waals surface area (Å²) in [4.78, 5) is 12.6. The summed E-state index contributed by atoms with van der Waals surface area (Å²) >= 11 is 7.81. The van der Waals surface area contributed by atoms with Crippen LogP contribution in [0.15, 0.2) is 24.4 Å². The lowest BCUT2D eigenvalue weighted by molar-refractivity contribution is -0.118. The molecule has 0 aliphatic carbocycles. The van der Waals surface area contributed by atoms with Crippen molar-refractivity contribution >= 4 is 34.3 Å². The molecule has 0 aliphatic rings. The topological polar surface area (TPSA) is 39.2 Å². The van der Waals surface area contributed by atoms with Gasteiger partial charge in [0.05, 0.1) is 0 Å². The van der Waals surface area contributed by atoms with Crippen molar-refractivity contribution in [2.45, 2.75) is 0 Å². The number of pyridine rings is 1. The van der Waals surface area contributed by atoms with Gasteiger partial charge in [-0.05, 0) is 12.1 Å². The third kappa shape index (κ3) is 7.29. The standard InChI is InChI=1S/C5H4ClN.CHBrO2/c6-5-3-1-2-4-7-5;2-4-1-3/h1-4H;1H. The Morgan fingerprint density at radius 3 is 2.45 bits per heavy atom. The van der Waals surface area contributed by atoms with Gasteiger partial charge in [0, 0.05) is 6.20 Å². The molecule has 3 nitrogen and oxygen atoms in total. The predicted molar refractivity (Wildman–Crippen MR) is 45.3 cm³/mol. The van der Waals surface area contributed by atoms with E-state index in [1.807, 2.05) is 12.1 Å². The Hall–Kier alpha value is -0.610. The van der Waals surface area contributed by atoms with Crippen molar-refractivity contribution in [1.29, 1.82) is 0 Å². The van der Waals surface area contributed by atoms with Crippen molar-refractivity contribution in [2.24, 2.45) is 0 Å². The zero-order valence-electron chi connectivity index (χ0n) is 5.41. The first-order chi connectivity index (χ1) is 5.31. The van der Waals surface area contributed by atoms with Crippen LogP contribution in [-0.2, 0) is 8.62 Å². The molecule has 0 radical (unpaired) electrons. The molecule has 1 rings (SSSR count). The van der Waals surface area contributed by atoms with E-state index in [0.29, 0.717) is 11.6 Å². The lowest BCUT2D eigenvalue weighted by atomic mass is 10.5. The summed E-state index contributed by atoms with van der Waals surface area (Å²) in [6.07, 6.45) is 1.66.